The maximum Gasteiger partial charge on any atom is 0.252 e. The fourth-order valence-electron chi connectivity index (χ4n) is 6.08. The van der Waals surface area contributed by atoms with E-state index >= 15 is 0 Å². The number of piperidine rings is 1. The van der Waals surface area contributed by atoms with Gasteiger partial charge in [0, 0.05) is 40.4 Å². The van der Waals surface area contributed by atoms with Gasteiger partial charge in [-0.15, -0.1) is 11.8 Å². The molecule has 0 aromatic heterocycles. The number of rotatable bonds is 9. The van der Waals surface area contributed by atoms with Crippen molar-refractivity contribution < 1.29 is 24.2 Å². The number of fused-ring (bicyclic) bond motifs is 1. The minimum Gasteiger partial charge on any atom is -0.508 e. The Morgan fingerprint density at radius 3 is 2.46 bits per heavy atom. The van der Waals surface area contributed by atoms with Crippen LogP contribution < -0.4 is 10.6 Å². The lowest BCUT2D eigenvalue weighted by Gasteiger charge is -2.47. The van der Waals surface area contributed by atoms with E-state index in [1.807, 2.05) is 20.8 Å². The number of aliphatic hydroxyl groups is 1. The van der Waals surface area contributed by atoms with Crippen molar-refractivity contribution in [2.24, 2.45) is 11.8 Å². The number of amides is 2. The molecular formula is C32H44FN3O4S. The van der Waals surface area contributed by atoms with Crippen molar-refractivity contribution in [1.29, 1.82) is 0 Å². The lowest BCUT2D eigenvalue weighted by molar-refractivity contribution is -0.132. The molecule has 0 radical (unpaired) electrons. The zero-order valence-corrected chi connectivity index (χ0v) is 25.3. The fourth-order valence-corrected chi connectivity index (χ4v) is 7.08. The molecule has 2 aromatic carbocycles. The number of aromatic hydroxyl groups is 1. The van der Waals surface area contributed by atoms with Crippen molar-refractivity contribution >= 4 is 23.6 Å². The molecule has 7 nitrogen and oxygen atoms in total. The number of phenols is 1. The second-order valence-corrected chi connectivity index (χ2v) is 13.7. The van der Waals surface area contributed by atoms with Gasteiger partial charge in [-0.2, -0.15) is 0 Å². The number of nitrogens with one attached hydrogen (secondary N) is 2. The van der Waals surface area contributed by atoms with E-state index in [4.69, 9.17) is 0 Å². The molecule has 5 atom stereocenters. The molecule has 2 aromatic rings. The highest BCUT2D eigenvalue weighted by Crippen LogP contribution is 2.39. The highest BCUT2D eigenvalue weighted by Gasteiger charge is 2.41. The van der Waals surface area contributed by atoms with Gasteiger partial charge in [0.25, 0.3) is 5.91 Å². The topological polar surface area (TPSA) is 102 Å². The molecule has 4 N–H and O–H groups in total. The van der Waals surface area contributed by atoms with Crippen molar-refractivity contribution in [3.8, 4) is 5.75 Å². The molecule has 9 heteroatoms. The van der Waals surface area contributed by atoms with Crippen LogP contribution >= 0.6 is 11.8 Å². The number of aliphatic hydroxyl groups excluding tert-OH is 1. The van der Waals surface area contributed by atoms with Gasteiger partial charge in [0.2, 0.25) is 5.91 Å². The number of phenolic OH excluding ortho intramolecular Hbond substituents is 1. The zero-order valence-electron chi connectivity index (χ0n) is 24.5. The smallest absolute Gasteiger partial charge is 0.252 e. The van der Waals surface area contributed by atoms with Crippen molar-refractivity contribution in [2.75, 3.05) is 18.8 Å². The van der Waals surface area contributed by atoms with Crippen LogP contribution in [0.1, 0.15) is 68.8 Å². The first kappa shape index (κ1) is 31.3. The second-order valence-electron chi connectivity index (χ2n) is 12.6. The predicted molar refractivity (Wildman–Crippen MR) is 161 cm³/mol. The highest BCUT2D eigenvalue weighted by molar-refractivity contribution is 7.99. The van der Waals surface area contributed by atoms with E-state index in [0.29, 0.717) is 28.7 Å². The Labute approximate surface area is 247 Å². The van der Waals surface area contributed by atoms with Crippen LogP contribution in [0.3, 0.4) is 0 Å². The molecule has 1 aliphatic carbocycles. The van der Waals surface area contributed by atoms with Gasteiger partial charge in [-0.1, -0.05) is 25.3 Å². The number of carbonyl (C=O) groups excluding carboxylic acids is 2. The highest BCUT2D eigenvalue weighted by atomic mass is 32.2. The molecule has 2 fully saturated rings. The van der Waals surface area contributed by atoms with Gasteiger partial charge < -0.3 is 20.8 Å². The van der Waals surface area contributed by atoms with Crippen LogP contribution in [0, 0.1) is 24.6 Å². The second kappa shape index (κ2) is 13.6. The number of likely N-dealkylation sites (tertiary alicyclic amines) is 1. The number of carbonyl (C=O) groups is 2. The number of hydrogen-bond acceptors (Lipinski definition) is 6. The third-order valence-electron chi connectivity index (χ3n) is 8.30. The molecule has 41 heavy (non-hydrogen) atoms. The normalized spacial score (nSPS) is 22.8. The Kier molecular flexibility index (Phi) is 10.4. The Morgan fingerprint density at radius 1 is 1.10 bits per heavy atom. The summed E-state index contributed by atoms with van der Waals surface area (Å²) in [6.45, 7) is 8.56. The standard InChI is InChI=1S/C32H44FN3O4S/c1-20-25(10-7-11-28(20)37)30(39)34-26(19-41-24-14-12-23(33)13-15-24)29(38)18-36-17-22-9-6-5-8-21(22)16-27(36)31(40)35-32(2,3)4/h7,10-15,21-22,26-27,29,37-38H,5-6,8-9,16-19H2,1-4H3,(H,34,39)(H,35,40)/t21-,22+,26-,27-,29+/m0/s1. The molecule has 224 valence electrons. The quantitative estimate of drug-likeness (QED) is 0.313. The maximum absolute atomic E-state index is 13.5. The summed E-state index contributed by atoms with van der Waals surface area (Å²) >= 11 is 1.42. The van der Waals surface area contributed by atoms with E-state index < -0.39 is 18.1 Å². The summed E-state index contributed by atoms with van der Waals surface area (Å²) in [6.07, 6.45) is 4.45. The van der Waals surface area contributed by atoms with Crippen molar-refractivity contribution in [2.45, 2.75) is 88.4 Å². The van der Waals surface area contributed by atoms with Crippen molar-refractivity contribution in [3.63, 3.8) is 0 Å². The molecule has 1 heterocycles. The summed E-state index contributed by atoms with van der Waals surface area (Å²) in [5.41, 5.74) is 0.425. The number of β-amino-alcohol motifs (C(OH)–C–C–N with tert-alkyl or cyclic N) is 1. The van der Waals surface area contributed by atoms with Crippen LogP contribution in [0.15, 0.2) is 47.4 Å². The summed E-state index contributed by atoms with van der Waals surface area (Å²) in [5.74, 6) is 0.621. The number of benzene rings is 2. The van der Waals surface area contributed by atoms with Gasteiger partial charge >= 0.3 is 0 Å². The van der Waals surface area contributed by atoms with Crippen LogP contribution in [0.25, 0.3) is 0 Å². The van der Waals surface area contributed by atoms with E-state index in [1.54, 1.807) is 31.2 Å². The summed E-state index contributed by atoms with van der Waals surface area (Å²) in [7, 11) is 0. The number of hydrogen-bond donors (Lipinski definition) is 4. The Morgan fingerprint density at radius 2 is 1.78 bits per heavy atom. The monoisotopic (exact) mass is 585 g/mol. The Bertz CT molecular complexity index is 1200. The number of nitrogens with zero attached hydrogens (tertiary/aromatic N) is 1. The number of halogens is 1. The molecule has 1 saturated carbocycles. The third-order valence-corrected chi connectivity index (χ3v) is 9.43. The van der Waals surface area contributed by atoms with Crippen molar-refractivity contribution in [1.82, 2.24) is 15.5 Å². The first-order valence-electron chi connectivity index (χ1n) is 14.6. The van der Waals surface area contributed by atoms with E-state index in [9.17, 15) is 24.2 Å². The van der Waals surface area contributed by atoms with Crippen LogP contribution in [0.4, 0.5) is 4.39 Å². The minimum atomic E-state index is -0.963. The molecule has 2 aliphatic rings. The molecule has 1 saturated heterocycles. The van der Waals surface area contributed by atoms with Gasteiger partial charge in [-0.25, -0.2) is 4.39 Å². The lowest BCUT2D eigenvalue weighted by atomic mass is 9.72. The minimum absolute atomic E-state index is 0.0228. The average molecular weight is 586 g/mol. The van der Waals surface area contributed by atoms with Gasteiger partial charge in [-0.05, 0) is 88.8 Å². The summed E-state index contributed by atoms with van der Waals surface area (Å²) in [5, 5.41) is 27.9. The molecule has 0 spiro atoms. The summed E-state index contributed by atoms with van der Waals surface area (Å²) < 4.78 is 13.5. The molecule has 4 rings (SSSR count). The lowest BCUT2D eigenvalue weighted by Crippen LogP contribution is -2.60. The SMILES string of the molecule is Cc1c(O)cccc1C(=O)N[C@@H](CSc1ccc(F)cc1)[C@H](O)CN1C[C@H]2CCCC[C@H]2C[C@H]1C(=O)NC(C)(C)C. The van der Waals surface area contributed by atoms with Crippen LogP contribution in [-0.2, 0) is 4.79 Å². The molecular weight excluding hydrogens is 541 g/mol. The van der Waals surface area contributed by atoms with E-state index in [0.717, 1.165) is 30.7 Å². The van der Waals surface area contributed by atoms with E-state index in [1.165, 1.54) is 42.8 Å². The fraction of sp³-hybridized carbons (Fsp3) is 0.562. The molecule has 0 bridgehead atoms. The van der Waals surface area contributed by atoms with Gasteiger partial charge in [0.15, 0.2) is 0 Å². The largest absolute Gasteiger partial charge is 0.508 e. The zero-order chi connectivity index (χ0) is 29.7. The van der Waals surface area contributed by atoms with Gasteiger partial charge in [-0.3, -0.25) is 14.5 Å². The van der Waals surface area contributed by atoms with Crippen LogP contribution in [0.5, 0.6) is 5.75 Å². The first-order valence-corrected chi connectivity index (χ1v) is 15.6. The first-order chi connectivity index (χ1) is 19.4. The summed E-state index contributed by atoms with van der Waals surface area (Å²) in [4.78, 5) is 29.7. The molecule has 0 unspecified atom stereocenters. The Hall–Kier alpha value is -2.62. The van der Waals surface area contributed by atoms with Crippen LogP contribution in [-0.4, -0.2) is 69.5 Å². The maximum atomic E-state index is 13.5. The van der Waals surface area contributed by atoms with Gasteiger partial charge in [0.1, 0.15) is 11.6 Å². The Balaban J connectivity index is 1.54. The average Bonchev–Trinajstić information content (AvgIpc) is 2.91. The number of thioether (sulfide) groups is 1. The van der Waals surface area contributed by atoms with Gasteiger partial charge in [0.05, 0.1) is 18.2 Å². The molecule has 2 amide bonds. The molecule has 1 aliphatic heterocycles. The van der Waals surface area contributed by atoms with E-state index in [-0.39, 0.29) is 35.6 Å². The third kappa shape index (κ3) is 8.46. The van der Waals surface area contributed by atoms with Crippen molar-refractivity contribution in [3.05, 3.63) is 59.4 Å². The summed E-state index contributed by atoms with van der Waals surface area (Å²) in [6, 6.07) is 9.89. The predicted octanol–water partition coefficient (Wildman–Crippen LogP) is 4.89. The van der Waals surface area contributed by atoms with Crippen LogP contribution in [0.2, 0.25) is 0 Å². The van der Waals surface area contributed by atoms with E-state index in [2.05, 4.69) is 15.5 Å².